The van der Waals surface area contributed by atoms with Crippen LogP contribution in [-0.2, 0) is 29.4 Å². The van der Waals surface area contributed by atoms with Crippen molar-refractivity contribution < 1.29 is 41.7 Å². The highest BCUT2D eigenvalue weighted by Gasteiger charge is 2.22. The number of hydrogen-bond donors (Lipinski definition) is 5. The number of carbonyl (C=O) groups excluding carboxylic acids is 2. The highest BCUT2D eigenvalue weighted by molar-refractivity contribution is 8.00. The molecular formula is C12H20FN3O8S2. The van der Waals surface area contributed by atoms with Crippen molar-refractivity contribution in [2.24, 2.45) is 5.73 Å². The SMILES string of the molecule is N[C@@H](CCC(=O)N[C@@H](CSCCS(=O)(=O)F)C(=O)NCC(=O)O)C(=O)O. The van der Waals surface area contributed by atoms with E-state index in [1.54, 1.807) is 0 Å². The van der Waals surface area contributed by atoms with E-state index in [9.17, 15) is 31.5 Å². The van der Waals surface area contributed by atoms with Gasteiger partial charge in [-0.3, -0.25) is 19.2 Å². The first-order valence-corrected chi connectivity index (χ1v) is 9.90. The molecule has 2 atom stereocenters. The molecule has 0 fully saturated rings. The molecule has 0 aromatic rings. The molecule has 0 aliphatic carbocycles. The van der Waals surface area contributed by atoms with Crippen LogP contribution in [0.3, 0.4) is 0 Å². The lowest BCUT2D eigenvalue weighted by Crippen LogP contribution is -2.49. The van der Waals surface area contributed by atoms with Crippen molar-refractivity contribution in [1.82, 2.24) is 10.6 Å². The number of aliphatic carboxylic acids is 2. The standard InChI is InChI=1S/C12H20FN3O8S2/c13-26(23,24)4-3-25-6-8(11(20)15-5-10(18)19)16-9(17)2-1-7(14)12(21)22/h7-8H,1-6,14H2,(H,15,20)(H,16,17)(H,18,19)(H,21,22)/t7-,8-/m0/s1. The smallest absolute Gasteiger partial charge is 0.322 e. The maximum Gasteiger partial charge on any atom is 0.322 e. The van der Waals surface area contributed by atoms with Crippen LogP contribution in [0.5, 0.6) is 0 Å². The molecule has 0 aliphatic rings. The molecule has 0 saturated carbocycles. The summed E-state index contributed by atoms with van der Waals surface area (Å²) in [5.41, 5.74) is 5.25. The van der Waals surface area contributed by atoms with Crippen LogP contribution in [0.4, 0.5) is 3.89 Å². The number of carbonyl (C=O) groups is 4. The van der Waals surface area contributed by atoms with E-state index in [0.29, 0.717) is 0 Å². The molecule has 0 rings (SSSR count). The Balaban J connectivity index is 4.64. The Morgan fingerprint density at radius 3 is 2.31 bits per heavy atom. The van der Waals surface area contributed by atoms with Crippen molar-refractivity contribution in [3.05, 3.63) is 0 Å². The van der Waals surface area contributed by atoms with Gasteiger partial charge in [0.15, 0.2) is 0 Å². The van der Waals surface area contributed by atoms with Gasteiger partial charge in [0.25, 0.3) is 0 Å². The van der Waals surface area contributed by atoms with E-state index in [2.05, 4.69) is 10.6 Å². The average Bonchev–Trinajstić information content (AvgIpc) is 2.51. The van der Waals surface area contributed by atoms with Crippen molar-refractivity contribution >= 4 is 45.7 Å². The second kappa shape index (κ2) is 11.6. The fourth-order valence-corrected chi connectivity index (χ4v) is 3.41. The number of thioether (sulfide) groups is 1. The number of nitrogens with two attached hydrogens (primary N) is 1. The largest absolute Gasteiger partial charge is 0.480 e. The lowest BCUT2D eigenvalue weighted by molar-refractivity contribution is -0.139. The summed E-state index contributed by atoms with van der Waals surface area (Å²) in [6.07, 6.45) is -0.475. The third kappa shape index (κ3) is 12.4. The highest BCUT2D eigenvalue weighted by Crippen LogP contribution is 2.07. The second-order valence-corrected chi connectivity index (χ2v) is 7.67. The van der Waals surface area contributed by atoms with Crippen LogP contribution < -0.4 is 16.4 Å². The Labute approximate surface area is 153 Å². The number of rotatable bonds is 13. The molecule has 14 heteroatoms. The van der Waals surface area contributed by atoms with Gasteiger partial charge in [-0.15, -0.1) is 3.89 Å². The number of carboxylic acid groups (broad SMARTS) is 2. The molecule has 0 aromatic carbocycles. The lowest BCUT2D eigenvalue weighted by Gasteiger charge is -2.18. The number of hydrogen-bond acceptors (Lipinski definition) is 8. The Morgan fingerprint density at radius 1 is 1.19 bits per heavy atom. The van der Waals surface area contributed by atoms with E-state index >= 15 is 0 Å². The average molecular weight is 417 g/mol. The van der Waals surface area contributed by atoms with Gasteiger partial charge in [0.1, 0.15) is 18.6 Å². The molecule has 11 nitrogen and oxygen atoms in total. The maximum absolute atomic E-state index is 12.4. The zero-order chi connectivity index (χ0) is 20.3. The van der Waals surface area contributed by atoms with Crippen LogP contribution in [0.25, 0.3) is 0 Å². The zero-order valence-electron chi connectivity index (χ0n) is 13.5. The first kappa shape index (κ1) is 24.1. The van der Waals surface area contributed by atoms with Crippen LogP contribution >= 0.6 is 11.8 Å². The maximum atomic E-state index is 12.4. The third-order valence-corrected chi connectivity index (χ3v) is 4.83. The Bertz CT molecular complexity index is 628. The molecule has 0 bridgehead atoms. The first-order chi connectivity index (χ1) is 11.9. The summed E-state index contributed by atoms with van der Waals surface area (Å²) in [7, 11) is -4.67. The summed E-state index contributed by atoms with van der Waals surface area (Å²) < 4.78 is 33.2. The molecule has 26 heavy (non-hydrogen) atoms. The minimum absolute atomic E-state index is 0.141. The highest BCUT2D eigenvalue weighted by atomic mass is 32.3. The Hall–Kier alpha value is -1.93. The second-order valence-electron chi connectivity index (χ2n) is 5.03. The summed E-state index contributed by atoms with van der Waals surface area (Å²) >= 11 is 0.861. The number of halogens is 1. The van der Waals surface area contributed by atoms with Crippen molar-refractivity contribution in [3.8, 4) is 0 Å². The predicted molar refractivity (Wildman–Crippen MR) is 89.6 cm³/mol. The Morgan fingerprint density at radius 2 is 1.81 bits per heavy atom. The number of amides is 2. The molecule has 0 radical (unpaired) electrons. The third-order valence-electron chi connectivity index (χ3n) is 2.82. The fourth-order valence-electron chi connectivity index (χ4n) is 1.51. The van der Waals surface area contributed by atoms with Crippen LogP contribution in [0.1, 0.15) is 12.8 Å². The number of nitrogens with one attached hydrogen (secondary N) is 2. The van der Waals surface area contributed by atoms with Gasteiger partial charge in [0.05, 0.1) is 5.75 Å². The van der Waals surface area contributed by atoms with Gasteiger partial charge in [0.2, 0.25) is 11.8 Å². The van der Waals surface area contributed by atoms with E-state index < -0.39 is 58.4 Å². The molecule has 0 aliphatic heterocycles. The fraction of sp³-hybridized carbons (Fsp3) is 0.667. The summed E-state index contributed by atoms with van der Waals surface area (Å²) in [6, 6.07) is -2.47. The van der Waals surface area contributed by atoms with E-state index in [1.165, 1.54) is 0 Å². The van der Waals surface area contributed by atoms with Gasteiger partial charge in [-0.05, 0) is 6.42 Å². The summed E-state index contributed by atoms with van der Waals surface area (Å²) in [5.74, 6) is -5.24. The van der Waals surface area contributed by atoms with Crippen molar-refractivity contribution in [2.45, 2.75) is 24.9 Å². The van der Waals surface area contributed by atoms with Crippen molar-refractivity contribution in [1.29, 1.82) is 0 Å². The normalized spacial score (nSPS) is 13.5. The van der Waals surface area contributed by atoms with Crippen LogP contribution in [0.15, 0.2) is 0 Å². The van der Waals surface area contributed by atoms with Crippen molar-refractivity contribution in [3.63, 3.8) is 0 Å². The minimum atomic E-state index is -4.67. The van der Waals surface area contributed by atoms with E-state index in [0.717, 1.165) is 11.8 Å². The summed E-state index contributed by atoms with van der Waals surface area (Å²) in [5, 5.41) is 21.5. The lowest BCUT2D eigenvalue weighted by atomic mass is 10.1. The summed E-state index contributed by atoms with van der Waals surface area (Å²) in [4.78, 5) is 44.8. The van der Waals surface area contributed by atoms with Crippen LogP contribution in [-0.4, -0.2) is 78.3 Å². The van der Waals surface area contributed by atoms with Crippen LogP contribution in [0, 0.1) is 0 Å². The molecule has 0 heterocycles. The molecule has 150 valence electrons. The van der Waals surface area contributed by atoms with E-state index in [4.69, 9.17) is 15.9 Å². The molecule has 0 spiro atoms. The minimum Gasteiger partial charge on any atom is -0.480 e. The van der Waals surface area contributed by atoms with Gasteiger partial charge in [-0.1, -0.05) is 0 Å². The molecule has 6 N–H and O–H groups in total. The molecule has 0 unspecified atom stereocenters. The molecule has 2 amide bonds. The van der Waals surface area contributed by atoms with Gasteiger partial charge in [0, 0.05) is 17.9 Å². The Kier molecular flexibility index (Phi) is 10.8. The number of carboxylic acids is 2. The molecule has 0 aromatic heterocycles. The van der Waals surface area contributed by atoms with Crippen molar-refractivity contribution in [2.75, 3.05) is 23.8 Å². The quantitative estimate of drug-likeness (QED) is 0.164. The summed E-state index contributed by atoms with van der Waals surface area (Å²) in [6.45, 7) is -0.696. The van der Waals surface area contributed by atoms with Gasteiger partial charge in [-0.2, -0.15) is 20.2 Å². The first-order valence-electron chi connectivity index (χ1n) is 7.19. The van der Waals surface area contributed by atoms with Gasteiger partial charge >= 0.3 is 22.2 Å². The predicted octanol–water partition coefficient (Wildman–Crippen LogP) is -2.10. The van der Waals surface area contributed by atoms with E-state index in [-0.39, 0.29) is 24.3 Å². The molecule has 0 saturated heterocycles. The van der Waals surface area contributed by atoms with Gasteiger partial charge in [-0.25, -0.2) is 0 Å². The van der Waals surface area contributed by atoms with Crippen LogP contribution in [0.2, 0.25) is 0 Å². The topological polar surface area (TPSA) is 193 Å². The molecular weight excluding hydrogens is 397 g/mol. The van der Waals surface area contributed by atoms with E-state index in [1.807, 2.05) is 0 Å². The van der Waals surface area contributed by atoms with Gasteiger partial charge < -0.3 is 26.6 Å². The zero-order valence-corrected chi connectivity index (χ0v) is 15.1. The monoisotopic (exact) mass is 417 g/mol.